The van der Waals surface area contributed by atoms with Crippen LogP contribution in [-0.4, -0.2) is 24.7 Å². The van der Waals surface area contributed by atoms with Gasteiger partial charge in [-0.1, -0.05) is 11.6 Å². The second-order valence-corrected chi connectivity index (χ2v) is 3.53. The number of aromatic nitrogens is 1. The number of nitrogens with zero attached hydrogens (tertiary/aromatic N) is 1. The Morgan fingerprint density at radius 1 is 1.64 bits per heavy atom. The minimum atomic E-state index is -0.632. The molecule has 1 N–H and O–H groups in total. The van der Waals surface area contributed by atoms with E-state index in [0.29, 0.717) is 13.2 Å². The van der Waals surface area contributed by atoms with Gasteiger partial charge in [-0.05, 0) is 11.6 Å². The van der Waals surface area contributed by atoms with Crippen LogP contribution in [-0.2, 0) is 4.74 Å². The van der Waals surface area contributed by atoms with E-state index in [1.807, 2.05) is 0 Å². The summed E-state index contributed by atoms with van der Waals surface area (Å²) in [6.07, 6.45) is 1.48. The molecule has 0 unspecified atom stereocenters. The van der Waals surface area contributed by atoms with Gasteiger partial charge >= 0.3 is 0 Å². The first-order valence-corrected chi connectivity index (χ1v) is 4.77. The largest absolute Gasteiger partial charge is 0.378 e. The fourth-order valence-corrected chi connectivity index (χ4v) is 1.58. The smallest absolute Gasteiger partial charge is 0.231 e. The monoisotopic (exact) mass is 216 g/mol. The van der Waals surface area contributed by atoms with Crippen molar-refractivity contribution in [2.24, 2.45) is 0 Å². The van der Waals surface area contributed by atoms with Crippen molar-refractivity contribution in [1.82, 2.24) is 10.3 Å². The molecule has 1 atom stereocenters. The first-order valence-electron chi connectivity index (χ1n) is 4.39. The minimum Gasteiger partial charge on any atom is -0.378 e. The van der Waals surface area contributed by atoms with Crippen LogP contribution in [0.25, 0.3) is 0 Å². The van der Waals surface area contributed by atoms with E-state index in [4.69, 9.17) is 16.3 Å². The van der Waals surface area contributed by atoms with Gasteiger partial charge in [0.25, 0.3) is 0 Å². The van der Waals surface area contributed by atoms with Crippen molar-refractivity contribution >= 4 is 11.6 Å². The van der Waals surface area contributed by atoms with Gasteiger partial charge in [0, 0.05) is 12.7 Å². The van der Waals surface area contributed by atoms with Crippen molar-refractivity contribution < 1.29 is 9.13 Å². The quantitative estimate of drug-likeness (QED) is 0.723. The van der Waals surface area contributed by atoms with Gasteiger partial charge in [-0.15, -0.1) is 0 Å². The molecule has 1 aromatic heterocycles. The van der Waals surface area contributed by atoms with Crippen molar-refractivity contribution in [3.05, 3.63) is 28.8 Å². The Labute approximate surface area is 86.2 Å². The first kappa shape index (κ1) is 9.83. The molecule has 0 aliphatic carbocycles. The summed E-state index contributed by atoms with van der Waals surface area (Å²) in [6.45, 7) is 2.07. The molecule has 1 aliphatic rings. The normalized spacial score (nSPS) is 22.3. The van der Waals surface area contributed by atoms with E-state index in [0.717, 1.165) is 12.1 Å². The van der Waals surface area contributed by atoms with Gasteiger partial charge in [-0.3, -0.25) is 0 Å². The molecule has 1 aliphatic heterocycles. The van der Waals surface area contributed by atoms with Crippen LogP contribution < -0.4 is 5.32 Å². The molecule has 3 nitrogen and oxygen atoms in total. The Bertz CT molecular complexity index is 329. The summed E-state index contributed by atoms with van der Waals surface area (Å²) < 4.78 is 18.1. The van der Waals surface area contributed by atoms with Crippen LogP contribution >= 0.6 is 11.6 Å². The Morgan fingerprint density at radius 2 is 2.50 bits per heavy atom. The number of halogens is 2. The van der Waals surface area contributed by atoms with E-state index in [1.165, 1.54) is 6.20 Å². The molecule has 0 saturated carbocycles. The lowest BCUT2D eigenvalue weighted by molar-refractivity contribution is 0.0767. The number of morpholine rings is 1. The van der Waals surface area contributed by atoms with Crippen molar-refractivity contribution in [1.29, 1.82) is 0 Å². The van der Waals surface area contributed by atoms with Crippen LogP contribution in [0, 0.1) is 5.95 Å². The molecule has 5 heteroatoms. The van der Waals surface area contributed by atoms with Gasteiger partial charge in [0.05, 0.1) is 24.3 Å². The maximum atomic E-state index is 12.8. The molecule has 2 heterocycles. The Morgan fingerprint density at radius 3 is 3.14 bits per heavy atom. The fraction of sp³-hybridized carbons (Fsp3) is 0.444. The highest BCUT2D eigenvalue weighted by Gasteiger charge is 2.16. The van der Waals surface area contributed by atoms with Crippen LogP contribution in [0.5, 0.6) is 0 Å². The molecule has 0 spiro atoms. The van der Waals surface area contributed by atoms with E-state index >= 15 is 0 Å². The Kier molecular flexibility index (Phi) is 2.96. The van der Waals surface area contributed by atoms with E-state index in [-0.39, 0.29) is 11.1 Å². The molecule has 14 heavy (non-hydrogen) atoms. The van der Waals surface area contributed by atoms with Gasteiger partial charge in [0.2, 0.25) is 5.95 Å². The van der Waals surface area contributed by atoms with Crippen molar-refractivity contribution in [3.8, 4) is 0 Å². The highest BCUT2D eigenvalue weighted by atomic mass is 35.5. The maximum absolute atomic E-state index is 12.8. The van der Waals surface area contributed by atoms with E-state index in [9.17, 15) is 4.39 Å². The molecular weight excluding hydrogens is 207 g/mol. The van der Waals surface area contributed by atoms with Gasteiger partial charge in [-0.25, -0.2) is 4.98 Å². The standard InChI is InChI=1S/C9H10ClFN2O/c10-7-3-6(4-13-9(7)11)8-5-14-2-1-12-8/h3-4,8,12H,1-2,5H2/t8-/m1/s1. The van der Waals surface area contributed by atoms with Crippen molar-refractivity contribution in [2.75, 3.05) is 19.8 Å². The highest BCUT2D eigenvalue weighted by molar-refractivity contribution is 6.30. The minimum absolute atomic E-state index is 0.0508. The third-order valence-corrected chi connectivity index (χ3v) is 2.41. The molecule has 1 saturated heterocycles. The summed E-state index contributed by atoms with van der Waals surface area (Å²) in [5.74, 6) is -0.632. The Hall–Kier alpha value is -0.710. The third-order valence-electron chi connectivity index (χ3n) is 2.14. The zero-order valence-electron chi connectivity index (χ0n) is 7.46. The molecule has 1 fully saturated rings. The number of pyridine rings is 1. The number of rotatable bonds is 1. The molecule has 0 amide bonds. The zero-order valence-corrected chi connectivity index (χ0v) is 8.22. The highest BCUT2D eigenvalue weighted by Crippen LogP contribution is 2.20. The predicted octanol–water partition coefficient (Wildman–Crippen LogP) is 1.53. The van der Waals surface area contributed by atoms with Crippen LogP contribution in [0.3, 0.4) is 0 Å². The fourth-order valence-electron chi connectivity index (χ4n) is 1.41. The van der Waals surface area contributed by atoms with Crippen molar-refractivity contribution in [3.63, 3.8) is 0 Å². The van der Waals surface area contributed by atoms with Crippen LogP contribution in [0.4, 0.5) is 4.39 Å². The molecule has 2 rings (SSSR count). The summed E-state index contributed by atoms with van der Waals surface area (Å²) in [5, 5.41) is 3.29. The van der Waals surface area contributed by atoms with E-state index in [1.54, 1.807) is 6.07 Å². The van der Waals surface area contributed by atoms with Crippen molar-refractivity contribution in [2.45, 2.75) is 6.04 Å². The first-order chi connectivity index (χ1) is 6.77. The topological polar surface area (TPSA) is 34.1 Å². The lowest BCUT2D eigenvalue weighted by atomic mass is 10.1. The van der Waals surface area contributed by atoms with Crippen LogP contribution in [0.1, 0.15) is 11.6 Å². The summed E-state index contributed by atoms with van der Waals surface area (Å²) in [5.41, 5.74) is 0.858. The summed E-state index contributed by atoms with van der Waals surface area (Å²) in [4.78, 5) is 3.56. The number of nitrogens with one attached hydrogen (secondary N) is 1. The molecule has 0 aromatic carbocycles. The van der Waals surface area contributed by atoms with Crippen LogP contribution in [0.15, 0.2) is 12.3 Å². The molecule has 0 radical (unpaired) electrons. The lowest BCUT2D eigenvalue weighted by Gasteiger charge is -2.23. The second-order valence-electron chi connectivity index (χ2n) is 3.12. The van der Waals surface area contributed by atoms with E-state index < -0.39 is 5.95 Å². The lowest BCUT2D eigenvalue weighted by Crippen LogP contribution is -2.34. The average molecular weight is 217 g/mol. The van der Waals surface area contributed by atoms with Gasteiger partial charge in [-0.2, -0.15) is 4.39 Å². The second kappa shape index (κ2) is 4.21. The molecular formula is C9H10ClFN2O. The molecule has 1 aromatic rings. The van der Waals surface area contributed by atoms with Gasteiger partial charge in [0.15, 0.2) is 0 Å². The molecule has 0 bridgehead atoms. The van der Waals surface area contributed by atoms with Gasteiger partial charge < -0.3 is 10.1 Å². The van der Waals surface area contributed by atoms with Crippen LogP contribution in [0.2, 0.25) is 5.02 Å². The SMILES string of the molecule is Fc1ncc([C@H]2COCCN2)cc1Cl. The number of hydrogen-bond acceptors (Lipinski definition) is 3. The van der Waals surface area contributed by atoms with Gasteiger partial charge in [0.1, 0.15) is 0 Å². The zero-order chi connectivity index (χ0) is 9.97. The Balaban J connectivity index is 2.18. The molecule has 76 valence electrons. The number of hydrogen-bond donors (Lipinski definition) is 1. The number of ether oxygens (including phenoxy) is 1. The average Bonchev–Trinajstić information content (AvgIpc) is 2.23. The third kappa shape index (κ3) is 2.03. The predicted molar refractivity (Wildman–Crippen MR) is 50.8 cm³/mol. The summed E-state index contributed by atoms with van der Waals surface area (Å²) in [6, 6.07) is 1.64. The maximum Gasteiger partial charge on any atom is 0.231 e. The summed E-state index contributed by atoms with van der Waals surface area (Å²) in [7, 11) is 0. The summed E-state index contributed by atoms with van der Waals surface area (Å²) >= 11 is 5.63. The van der Waals surface area contributed by atoms with E-state index in [2.05, 4.69) is 10.3 Å².